The molecule has 27 heavy (non-hydrogen) atoms. The highest BCUT2D eigenvalue weighted by atomic mass is 35.5. The van der Waals surface area contributed by atoms with Gasteiger partial charge in [0.2, 0.25) is 0 Å². The van der Waals surface area contributed by atoms with E-state index in [4.69, 9.17) is 21.1 Å². The molecule has 2 N–H and O–H groups in total. The third-order valence-corrected chi connectivity index (χ3v) is 4.65. The van der Waals surface area contributed by atoms with Crippen LogP contribution in [0.15, 0.2) is 42.5 Å². The predicted molar refractivity (Wildman–Crippen MR) is 106 cm³/mol. The lowest BCUT2D eigenvalue weighted by Crippen LogP contribution is -2.40. The lowest BCUT2D eigenvalue weighted by molar-refractivity contribution is 0.171. The van der Waals surface area contributed by atoms with E-state index in [0.717, 1.165) is 11.1 Å². The number of ether oxygens (including phenoxy) is 2. The minimum atomic E-state index is -0.233. The highest BCUT2D eigenvalue weighted by molar-refractivity contribution is 6.32. The molecule has 6 nitrogen and oxygen atoms in total. The summed E-state index contributed by atoms with van der Waals surface area (Å²) < 4.78 is 11.1. The van der Waals surface area contributed by atoms with Gasteiger partial charge in [-0.2, -0.15) is 0 Å². The van der Waals surface area contributed by atoms with Crippen LogP contribution in [0, 0.1) is 0 Å². The average molecular weight is 390 g/mol. The number of fused-ring (bicyclic) bond motifs is 1. The number of amides is 2. The molecule has 0 spiro atoms. The second-order valence-electron chi connectivity index (χ2n) is 6.56. The zero-order valence-electron chi connectivity index (χ0n) is 15.5. The first-order valence-corrected chi connectivity index (χ1v) is 9.23. The van der Waals surface area contributed by atoms with Gasteiger partial charge >= 0.3 is 6.03 Å². The molecule has 0 saturated heterocycles. The number of nitrogens with one attached hydrogen (secondary N) is 2. The van der Waals surface area contributed by atoms with Gasteiger partial charge in [0.05, 0.1) is 11.1 Å². The Balaban J connectivity index is 1.54. The molecule has 0 aromatic heterocycles. The fraction of sp³-hybridized carbons (Fsp3) is 0.350. The zero-order chi connectivity index (χ0) is 19.2. The van der Waals surface area contributed by atoms with Crippen LogP contribution in [0.1, 0.15) is 17.2 Å². The summed E-state index contributed by atoms with van der Waals surface area (Å²) in [4.78, 5) is 14.3. The van der Waals surface area contributed by atoms with Crippen LogP contribution in [-0.4, -0.2) is 44.8 Å². The van der Waals surface area contributed by atoms with E-state index in [1.54, 1.807) is 6.07 Å². The Morgan fingerprint density at radius 1 is 1.15 bits per heavy atom. The van der Waals surface area contributed by atoms with Gasteiger partial charge in [-0.1, -0.05) is 41.9 Å². The van der Waals surface area contributed by atoms with E-state index in [2.05, 4.69) is 27.7 Å². The number of hydrogen-bond donors (Lipinski definition) is 2. The minimum absolute atomic E-state index is 0.0979. The lowest BCUT2D eigenvalue weighted by Gasteiger charge is -2.25. The van der Waals surface area contributed by atoms with Gasteiger partial charge in [0.25, 0.3) is 0 Å². The first-order valence-electron chi connectivity index (χ1n) is 8.85. The number of benzene rings is 2. The van der Waals surface area contributed by atoms with Crippen LogP contribution in [0.3, 0.4) is 0 Å². The number of urea groups is 1. The summed E-state index contributed by atoms with van der Waals surface area (Å²) in [6.45, 7) is 1.83. The standard InChI is InChI=1S/C20H24ClN3O3/c1-24(2)17(15-6-4-3-5-7-15)13-23-20(25)22-12-14-10-16(21)19-18(11-14)26-8-9-27-19/h3-7,10-11,17H,8-9,12-13H2,1-2H3,(H2,22,23,25). The summed E-state index contributed by atoms with van der Waals surface area (Å²) in [6.07, 6.45) is 0. The van der Waals surface area contributed by atoms with Gasteiger partial charge in [-0.25, -0.2) is 4.79 Å². The molecule has 2 aromatic carbocycles. The van der Waals surface area contributed by atoms with Crippen molar-refractivity contribution in [2.24, 2.45) is 0 Å². The predicted octanol–water partition coefficient (Wildman–Crippen LogP) is 3.21. The van der Waals surface area contributed by atoms with Crippen molar-refractivity contribution in [3.8, 4) is 11.5 Å². The van der Waals surface area contributed by atoms with E-state index in [1.165, 1.54) is 0 Å². The largest absolute Gasteiger partial charge is 0.486 e. The Labute approximate surface area is 164 Å². The van der Waals surface area contributed by atoms with E-state index >= 15 is 0 Å². The van der Waals surface area contributed by atoms with Crippen LogP contribution >= 0.6 is 11.6 Å². The van der Waals surface area contributed by atoms with E-state index in [9.17, 15) is 4.79 Å². The monoisotopic (exact) mass is 389 g/mol. The molecule has 2 aromatic rings. The van der Waals surface area contributed by atoms with Crippen molar-refractivity contribution in [3.63, 3.8) is 0 Å². The zero-order valence-corrected chi connectivity index (χ0v) is 16.3. The molecule has 0 aliphatic carbocycles. The van der Waals surface area contributed by atoms with Gasteiger partial charge in [-0.05, 0) is 37.4 Å². The molecule has 1 heterocycles. The second kappa shape index (κ2) is 8.97. The SMILES string of the molecule is CN(C)C(CNC(=O)NCc1cc(Cl)c2c(c1)OCCO2)c1ccccc1. The number of carbonyl (C=O) groups is 1. The minimum Gasteiger partial charge on any atom is -0.486 e. The molecule has 1 unspecified atom stereocenters. The van der Waals surface area contributed by atoms with Crippen LogP contribution < -0.4 is 20.1 Å². The van der Waals surface area contributed by atoms with Gasteiger partial charge in [0, 0.05) is 13.1 Å². The van der Waals surface area contributed by atoms with E-state index in [1.807, 2.05) is 38.4 Å². The molecule has 3 rings (SSSR count). The van der Waals surface area contributed by atoms with Crippen LogP contribution in [0.2, 0.25) is 5.02 Å². The van der Waals surface area contributed by atoms with Gasteiger partial charge in [-0.3, -0.25) is 0 Å². The highest BCUT2D eigenvalue weighted by Crippen LogP contribution is 2.38. The van der Waals surface area contributed by atoms with Gasteiger partial charge in [-0.15, -0.1) is 0 Å². The molecule has 0 fully saturated rings. The Morgan fingerprint density at radius 3 is 2.63 bits per heavy atom. The Kier molecular flexibility index (Phi) is 6.42. The topological polar surface area (TPSA) is 62.8 Å². The molecule has 0 saturated carbocycles. The molecular formula is C20H24ClN3O3. The lowest BCUT2D eigenvalue weighted by atomic mass is 10.1. The van der Waals surface area contributed by atoms with Gasteiger partial charge in [0.1, 0.15) is 13.2 Å². The van der Waals surface area contributed by atoms with Crippen LogP contribution in [-0.2, 0) is 6.54 Å². The number of rotatable bonds is 6. The average Bonchev–Trinajstić information content (AvgIpc) is 2.67. The van der Waals surface area contributed by atoms with E-state index < -0.39 is 0 Å². The van der Waals surface area contributed by atoms with Crippen molar-refractivity contribution >= 4 is 17.6 Å². The summed E-state index contributed by atoms with van der Waals surface area (Å²) in [5.41, 5.74) is 2.01. The molecular weight excluding hydrogens is 366 g/mol. The molecule has 0 bridgehead atoms. The summed E-state index contributed by atoms with van der Waals surface area (Å²) >= 11 is 6.23. The maximum atomic E-state index is 12.2. The molecule has 2 amide bonds. The summed E-state index contributed by atoms with van der Waals surface area (Å²) in [6, 6.07) is 13.6. The first kappa shape index (κ1) is 19.3. The molecule has 144 valence electrons. The Hall–Kier alpha value is -2.44. The highest BCUT2D eigenvalue weighted by Gasteiger charge is 2.17. The van der Waals surface area contributed by atoms with Gasteiger partial charge < -0.3 is 25.0 Å². The van der Waals surface area contributed by atoms with Crippen molar-refractivity contribution in [1.29, 1.82) is 0 Å². The molecule has 0 radical (unpaired) electrons. The summed E-state index contributed by atoms with van der Waals surface area (Å²) in [5.74, 6) is 1.18. The van der Waals surface area contributed by atoms with Crippen LogP contribution in [0.4, 0.5) is 4.79 Å². The maximum absolute atomic E-state index is 12.2. The number of carbonyl (C=O) groups excluding carboxylic acids is 1. The fourth-order valence-electron chi connectivity index (χ4n) is 2.97. The van der Waals surface area contributed by atoms with Crippen molar-refractivity contribution in [2.75, 3.05) is 33.9 Å². The second-order valence-corrected chi connectivity index (χ2v) is 6.96. The number of nitrogens with zero attached hydrogens (tertiary/aromatic N) is 1. The maximum Gasteiger partial charge on any atom is 0.315 e. The molecule has 1 aliphatic rings. The van der Waals surface area contributed by atoms with Crippen molar-refractivity contribution < 1.29 is 14.3 Å². The summed E-state index contributed by atoms with van der Waals surface area (Å²) in [7, 11) is 3.99. The van der Waals surface area contributed by atoms with Crippen molar-refractivity contribution in [3.05, 3.63) is 58.6 Å². The smallest absolute Gasteiger partial charge is 0.315 e. The summed E-state index contributed by atoms with van der Waals surface area (Å²) in [5, 5.41) is 6.27. The number of hydrogen-bond acceptors (Lipinski definition) is 4. The van der Waals surface area contributed by atoms with Gasteiger partial charge in [0.15, 0.2) is 11.5 Å². The fourth-order valence-corrected chi connectivity index (χ4v) is 3.26. The Bertz CT molecular complexity index is 784. The normalized spacial score (nSPS) is 13.9. The van der Waals surface area contributed by atoms with Crippen LogP contribution in [0.25, 0.3) is 0 Å². The Morgan fingerprint density at radius 2 is 1.89 bits per heavy atom. The van der Waals surface area contributed by atoms with E-state index in [-0.39, 0.29) is 12.1 Å². The van der Waals surface area contributed by atoms with E-state index in [0.29, 0.717) is 42.8 Å². The quantitative estimate of drug-likeness (QED) is 0.796. The third-order valence-electron chi connectivity index (χ3n) is 4.37. The van der Waals surface area contributed by atoms with Crippen molar-refractivity contribution in [2.45, 2.75) is 12.6 Å². The molecule has 1 aliphatic heterocycles. The number of halogens is 1. The molecule has 1 atom stereocenters. The molecule has 7 heteroatoms. The first-order chi connectivity index (χ1) is 13.0. The third kappa shape index (κ3) is 5.05. The van der Waals surface area contributed by atoms with Crippen LogP contribution in [0.5, 0.6) is 11.5 Å². The number of likely N-dealkylation sites (N-methyl/N-ethyl adjacent to an activating group) is 1. The van der Waals surface area contributed by atoms with Crippen molar-refractivity contribution in [1.82, 2.24) is 15.5 Å².